The van der Waals surface area contributed by atoms with Crippen molar-refractivity contribution in [1.29, 1.82) is 0 Å². The summed E-state index contributed by atoms with van der Waals surface area (Å²) in [5.74, 6) is -1.06. The van der Waals surface area contributed by atoms with Crippen molar-refractivity contribution in [3.63, 3.8) is 0 Å². The fourth-order valence-electron chi connectivity index (χ4n) is 2.52. The van der Waals surface area contributed by atoms with E-state index < -0.39 is 17.4 Å². The zero-order valence-electron chi connectivity index (χ0n) is 13.6. The lowest BCUT2D eigenvalue weighted by atomic mass is 10.1. The molecule has 0 atom stereocenters. The molecule has 0 saturated carbocycles. The van der Waals surface area contributed by atoms with E-state index in [0.29, 0.717) is 12.1 Å². The number of rotatable bonds is 4. The lowest BCUT2D eigenvalue weighted by molar-refractivity contribution is -0.131. The molecule has 0 aliphatic rings. The Bertz CT molecular complexity index is 835. The van der Waals surface area contributed by atoms with E-state index in [1.54, 1.807) is 23.6 Å². The van der Waals surface area contributed by atoms with Crippen LogP contribution in [-0.2, 0) is 16.1 Å². The van der Waals surface area contributed by atoms with Gasteiger partial charge in [-0.2, -0.15) is 0 Å². The van der Waals surface area contributed by atoms with E-state index in [1.807, 2.05) is 13.8 Å². The minimum atomic E-state index is -0.683. The maximum Gasteiger partial charge on any atom is 0.343 e. The van der Waals surface area contributed by atoms with Crippen LogP contribution in [0.5, 0.6) is 5.75 Å². The van der Waals surface area contributed by atoms with Gasteiger partial charge in [0.25, 0.3) is 0 Å². The average molecular weight is 317 g/mol. The molecule has 0 N–H and O–H groups in total. The smallest absolute Gasteiger partial charge is 0.343 e. The molecule has 0 saturated heterocycles. The Kier molecular flexibility index (Phi) is 4.83. The number of fused-ring (bicyclic) bond motifs is 1. The van der Waals surface area contributed by atoms with Gasteiger partial charge >= 0.3 is 11.9 Å². The van der Waals surface area contributed by atoms with Crippen molar-refractivity contribution in [3.05, 3.63) is 39.7 Å². The van der Waals surface area contributed by atoms with Gasteiger partial charge in [-0.25, -0.2) is 4.79 Å². The van der Waals surface area contributed by atoms with E-state index in [1.165, 1.54) is 13.1 Å². The van der Waals surface area contributed by atoms with Crippen LogP contribution in [0.1, 0.15) is 36.7 Å². The summed E-state index contributed by atoms with van der Waals surface area (Å²) < 4.78 is 11.9. The number of carbonyl (C=O) groups excluding carboxylic acids is 2. The predicted octanol–water partition coefficient (Wildman–Crippen LogP) is 2.43. The quantitative estimate of drug-likeness (QED) is 0.639. The maximum atomic E-state index is 12.8. The van der Waals surface area contributed by atoms with E-state index in [0.717, 1.165) is 5.56 Å². The highest BCUT2D eigenvalue weighted by Crippen LogP contribution is 2.26. The third-order valence-electron chi connectivity index (χ3n) is 3.47. The van der Waals surface area contributed by atoms with E-state index in [9.17, 15) is 14.4 Å². The monoisotopic (exact) mass is 317 g/mol. The van der Waals surface area contributed by atoms with Crippen molar-refractivity contribution in [2.75, 3.05) is 6.61 Å². The van der Waals surface area contributed by atoms with Crippen molar-refractivity contribution in [2.24, 2.45) is 0 Å². The topological polar surface area (TPSA) is 74.6 Å². The molecule has 0 bridgehead atoms. The number of nitrogens with zero attached hydrogens (tertiary/aromatic N) is 1. The highest BCUT2D eigenvalue weighted by Gasteiger charge is 2.20. The summed E-state index contributed by atoms with van der Waals surface area (Å²) in [6.45, 7) is 7.41. The fraction of sp³-hybridized carbons (Fsp3) is 0.353. The zero-order chi connectivity index (χ0) is 17.1. The third-order valence-corrected chi connectivity index (χ3v) is 3.47. The third kappa shape index (κ3) is 3.11. The number of aromatic nitrogens is 1. The highest BCUT2D eigenvalue weighted by molar-refractivity contribution is 5.97. The van der Waals surface area contributed by atoms with Crippen LogP contribution in [0.15, 0.2) is 23.1 Å². The second-order valence-corrected chi connectivity index (χ2v) is 5.08. The number of benzene rings is 1. The summed E-state index contributed by atoms with van der Waals surface area (Å²) >= 11 is 0. The number of ether oxygens (including phenoxy) is 2. The Balaban J connectivity index is 2.89. The molecule has 0 radical (unpaired) electrons. The lowest BCUT2D eigenvalue weighted by Crippen LogP contribution is -2.22. The SMILES string of the molecule is CCOC(=O)c1cn(CC)c2c(C)ccc(OC(C)=O)c2c1=O. The molecule has 0 fully saturated rings. The van der Waals surface area contributed by atoms with Gasteiger partial charge in [-0.05, 0) is 32.4 Å². The number of carbonyl (C=O) groups is 2. The summed E-state index contributed by atoms with van der Waals surface area (Å²) in [7, 11) is 0. The number of pyridine rings is 1. The first-order valence-electron chi connectivity index (χ1n) is 7.43. The van der Waals surface area contributed by atoms with Crippen molar-refractivity contribution >= 4 is 22.8 Å². The molecule has 0 aliphatic carbocycles. The van der Waals surface area contributed by atoms with Crippen LogP contribution in [-0.4, -0.2) is 23.1 Å². The Morgan fingerprint density at radius 1 is 1.22 bits per heavy atom. The number of aryl methyl sites for hydroxylation is 2. The van der Waals surface area contributed by atoms with Crippen molar-refractivity contribution < 1.29 is 19.1 Å². The summed E-state index contributed by atoms with van der Waals surface area (Å²) in [5, 5.41) is 0.215. The van der Waals surface area contributed by atoms with Crippen LogP contribution in [0.2, 0.25) is 0 Å². The summed E-state index contributed by atoms with van der Waals surface area (Å²) in [6, 6.07) is 3.34. The minimum Gasteiger partial charge on any atom is -0.462 e. The molecule has 0 aliphatic heterocycles. The molecule has 1 aromatic heterocycles. The molecule has 0 amide bonds. The molecule has 2 aromatic rings. The van der Waals surface area contributed by atoms with Gasteiger partial charge < -0.3 is 14.0 Å². The molecule has 1 heterocycles. The minimum absolute atomic E-state index is 0.0693. The number of hydrogen-bond acceptors (Lipinski definition) is 5. The summed E-state index contributed by atoms with van der Waals surface area (Å²) in [4.78, 5) is 36.1. The summed E-state index contributed by atoms with van der Waals surface area (Å²) in [5.41, 5.74) is 0.929. The van der Waals surface area contributed by atoms with Gasteiger partial charge in [-0.3, -0.25) is 9.59 Å². The molecule has 2 rings (SSSR count). The average Bonchev–Trinajstić information content (AvgIpc) is 2.50. The van der Waals surface area contributed by atoms with E-state index in [-0.39, 0.29) is 23.3 Å². The van der Waals surface area contributed by atoms with Crippen molar-refractivity contribution in [1.82, 2.24) is 4.57 Å². The van der Waals surface area contributed by atoms with Crippen molar-refractivity contribution in [3.8, 4) is 5.75 Å². The molecule has 23 heavy (non-hydrogen) atoms. The fourth-order valence-corrected chi connectivity index (χ4v) is 2.52. The molecule has 1 aromatic carbocycles. The van der Waals surface area contributed by atoms with Crippen LogP contribution in [0.25, 0.3) is 10.9 Å². The van der Waals surface area contributed by atoms with Crippen LogP contribution < -0.4 is 10.2 Å². The van der Waals surface area contributed by atoms with Gasteiger partial charge in [0.2, 0.25) is 5.43 Å². The second kappa shape index (κ2) is 6.64. The predicted molar refractivity (Wildman–Crippen MR) is 85.9 cm³/mol. The van der Waals surface area contributed by atoms with Crippen molar-refractivity contribution in [2.45, 2.75) is 34.2 Å². The Labute approximate surface area is 133 Å². The van der Waals surface area contributed by atoms with Crippen LogP contribution in [0.3, 0.4) is 0 Å². The summed E-state index contributed by atoms with van der Waals surface area (Å²) in [6.07, 6.45) is 1.49. The largest absolute Gasteiger partial charge is 0.462 e. The molecule has 122 valence electrons. The number of esters is 2. The molecular weight excluding hydrogens is 298 g/mol. The standard InChI is InChI=1S/C17H19NO5/c1-5-18-9-12(17(21)22-6-2)16(20)14-13(23-11(4)19)8-7-10(3)15(14)18/h7-9H,5-6H2,1-4H3. The Morgan fingerprint density at radius 2 is 1.91 bits per heavy atom. The highest BCUT2D eigenvalue weighted by atomic mass is 16.5. The zero-order valence-corrected chi connectivity index (χ0v) is 13.6. The second-order valence-electron chi connectivity index (χ2n) is 5.08. The van der Waals surface area contributed by atoms with Gasteiger partial charge in [-0.15, -0.1) is 0 Å². The molecule has 6 heteroatoms. The van der Waals surface area contributed by atoms with E-state index in [2.05, 4.69) is 0 Å². The first-order chi connectivity index (χ1) is 10.9. The van der Waals surface area contributed by atoms with Crippen LogP contribution >= 0.6 is 0 Å². The van der Waals surface area contributed by atoms with Crippen LogP contribution in [0.4, 0.5) is 0 Å². The van der Waals surface area contributed by atoms with Gasteiger partial charge in [-0.1, -0.05) is 6.07 Å². The molecular formula is C17H19NO5. The molecule has 6 nitrogen and oxygen atoms in total. The van der Waals surface area contributed by atoms with E-state index in [4.69, 9.17) is 9.47 Å². The lowest BCUT2D eigenvalue weighted by Gasteiger charge is -2.15. The van der Waals surface area contributed by atoms with Crippen LogP contribution in [0, 0.1) is 6.92 Å². The maximum absolute atomic E-state index is 12.8. The van der Waals surface area contributed by atoms with Gasteiger partial charge in [0, 0.05) is 19.7 Å². The van der Waals surface area contributed by atoms with E-state index >= 15 is 0 Å². The van der Waals surface area contributed by atoms with Gasteiger partial charge in [0.1, 0.15) is 11.3 Å². The first kappa shape index (κ1) is 16.7. The first-order valence-corrected chi connectivity index (χ1v) is 7.43. The Hall–Kier alpha value is -2.63. The van der Waals surface area contributed by atoms with Gasteiger partial charge in [0.05, 0.1) is 17.5 Å². The molecule has 0 unspecified atom stereocenters. The van der Waals surface area contributed by atoms with Gasteiger partial charge in [0.15, 0.2) is 0 Å². The number of hydrogen-bond donors (Lipinski definition) is 0. The molecule has 0 spiro atoms. The normalized spacial score (nSPS) is 10.6. The Morgan fingerprint density at radius 3 is 2.48 bits per heavy atom.